The lowest BCUT2D eigenvalue weighted by molar-refractivity contribution is -0.200. The quantitative estimate of drug-likeness (QED) is 0.328. The van der Waals surface area contributed by atoms with Crippen LogP contribution in [0.15, 0.2) is 47.4 Å². The number of fused-ring (bicyclic) bond motifs is 1. The van der Waals surface area contributed by atoms with Crippen molar-refractivity contribution in [2.24, 2.45) is 0 Å². The number of nitrogens with zero attached hydrogens (tertiary/aromatic N) is 1. The van der Waals surface area contributed by atoms with Gasteiger partial charge in [-0.1, -0.05) is 19.1 Å². The van der Waals surface area contributed by atoms with Gasteiger partial charge in [-0.05, 0) is 55.7 Å². The molecule has 11 heteroatoms. The van der Waals surface area contributed by atoms with Gasteiger partial charge in [0.25, 0.3) is 5.91 Å². The number of sulfone groups is 1. The zero-order valence-electron chi connectivity index (χ0n) is 19.5. The molecule has 0 radical (unpaired) electrons. The highest BCUT2D eigenvalue weighted by Crippen LogP contribution is 2.47. The second kappa shape index (κ2) is 9.58. The maximum atomic E-state index is 12.5. The van der Waals surface area contributed by atoms with Crippen LogP contribution in [0, 0.1) is 0 Å². The van der Waals surface area contributed by atoms with Crippen LogP contribution in [-0.4, -0.2) is 63.4 Å². The molecule has 0 saturated carbocycles. The summed E-state index contributed by atoms with van der Waals surface area (Å²) in [5.41, 5.74) is 0.955. The number of aliphatic hydroxyl groups excluding tert-OH is 4. The van der Waals surface area contributed by atoms with Crippen molar-refractivity contribution in [3.8, 4) is 0 Å². The average Bonchev–Trinajstić information content (AvgIpc) is 3.10. The fraction of sp³-hybridized carbons (Fsp3) is 0.458. The summed E-state index contributed by atoms with van der Waals surface area (Å²) in [5, 5.41) is 47.7. The second-order valence-corrected chi connectivity index (χ2v) is 11.5. The Hall–Kier alpha value is -2.38. The van der Waals surface area contributed by atoms with Crippen LogP contribution in [0.3, 0.4) is 0 Å². The summed E-state index contributed by atoms with van der Waals surface area (Å²) in [6.45, 7) is 3.42. The van der Waals surface area contributed by atoms with E-state index in [0.717, 1.165) is 0 Å². The largest absolute Gasteiger partial charge is 0.379 e. The van der Waals surface area contributed by atoms with Gasteiger partial charge in [0, 0.05) is 23.2 Å². The number of aliphatic hydroxyl groups is 4. The van der Waals surface area contributed by atoms with Crippen molar-refractivity contribution in [2.45, 2.75) is 68.6 Å². The molecule has 5 unspecified atom stereocenters. The first-order valence-electron chi connectivity index (χ1n) is 11.5. The van der Waals surface area contributed by atoms with E-state index in [1.807, 2.05) is 0 Å². The molecule has 0 aromatic heterocycles. The van der Waals surface area contributed by atoms with Crippen molar-refractivity contribution >= 4 is 15.7 Å². The molecule has 0 aliphatic carbocycles. The van der Waals surface area contributed by atoms with Crippen LogP contribution in [0.1, 0.15) is 66.2 Å². The van der Waals surface area contributed by atoms with E-state index < -0.39 is 40.3 Å². The summed E-state index contributed by atoms with van der Waals surface area (Å²) in [4.78, 5) is 14.1. The maximum Gasteiger partial charge on any atom is 0.251 e. The Morgan fingerprint density at radius 1 is 1.09 bits per heavy atom. The highest BCUT2D eigenvalue weighted by atomic mass is 32.2. The summed E-state index contributed by atoms with van der Waals surface area (Å²) < 4.78 is 23.9. The number of benzene rings is 2. The predicted molar refractivity (Wildman–Crippen MR) is 126 cm³/mol. The molecule has 2 aromatic carbocycles. The fourth-order valence-corrected chi connectivity index (χ4v) is 5.61. The van der Waals surface area contributed by atoms with Crippen LogP contribution in [0.25, 0.3) is 0 Å². The van der Waals surface area contributed by atoms with E-state index in [9.17, 15) is 33.6 Å². The van der Waals surface area contributed by atoms with Crippen LogP contribution in [0.2, 0.25) is 0 Å². The number of carbonyl (C=O) groups excluding carboxylic acids is 1. The van der Waals surface area contributed by atoms with Gasteiger partial charge in [-0.2, -0.15) is 0 Å². The molecule has 35 heavy (non-hydrogen) atoms. The van der Waals surface area contributed by atoms with Gasteiger partial charge in [-0.3, -0.25) is 10.1 Å². The summed E-state index contributed by atoms with van der Waals surface area (Å²) >= 11 is 0. The van der Waals surface area contributed by atoms with Gasteiger partial charge in [0.2, 0.25) is 0 Å². The number of piperidine rings is 1. The zero-order chi connectivity index (χ0) is 25.5. The SMILES string of the molecule is CCS(=O)(=O)c1ccc(C(=O)NCc2ccc3c(c2)C(O)N(C2(C)CCC(O)NC2O)C3O)cc1. The third kappa shape index (κ3) is 4.73. The summed E-state index contributed by atoms with van der Waals surface area (Å²) in [6.07, 6.45) is -3.67. The predicted octanol–water partition coefficient (Wildman–Crippen LogP) is 0.487. The molecule has 0 bridgehead atoms. The van der Waals surface area contributed by atoms with Gasteiger partial charge in [0.15, 0.2) is 9.84 Å². The van der Waals surface area contributed by atoms with Crippen molar-refractivity contribution < 1.29 is 33.6 Å². The van der Waals surface area contributed by atoms with Crippen LogP contribution in [-0.2, 0) is 16.4 Å². The molecule has 2 aromatic rings. The Bertz CT molecular complexity index is 1200. The van der Waals surface area contributed by atoms with Gasteiger partial charge in [-0.25, -0.2) is 13.3 Å². The van der Waals surface area contributed by atoms with Gasteiger partial charge in [-0.15, -0.1) is 0 Å². The summed E-state index contributed by atoms with van der Waals surface area (Å²) in [7, 11) is -3.35. The van der Waals surface area contributed by atoms with Crippen molar-refractivity contribution in [1.29, 1.82) is 0 Å². The van der Waals surface area contributed by atoms with Crippen LogP contribution in [0.4, 0.5) is 0 Å². The zero-order valence-corrected chi connectivity index (χ0v) is 20.4. The average molecular weight is 506 g/mol. The Morgan fingerprint density at radius 3 is 2.37 bits per heavy atom. The first kappa shape index (κ1) is 25.7. The molecule has 190 valence electrons. The number of hydrogen-bond donors (Lipinski definition) is 6. The van der Waals surface area contributed by atoms with Crippen molar-refractivity contribution in [2.75, 3.05) is 5.75 Å². The number of rotatable bonds is 6. The van der Waals surface area contributed by atoms with E-state index in [-0.39, 0.29) is 23.1 Å². The molecule has 4 rings (SSSR count). The highest BCUT2D eigenvalue weighted by Gasteiger charge is 2.52. The molecule has 1 amide bonds. The minimum Gasteiger partial charge on any atom is -0.379 e. The van der Waals surface area contributed by atoms with Gasteiger partial charge in [0.1, 0.15) is 24.9 Å². The number of carbonyl (C=O) groups is 1. The maximum absolute atomic E-state index is 12.5. The lowest BCUT2D eigenvalue weighted by Crippen LogP contribution is -2.65. The van der Waals surface area contributed by atoms with Crippen LogP contribution in [0.5, 0.6) is 0 Å². The Balaban J connectivity index is 1.46. The minimum atomic E-state index is -3.35. The molecule has 0 spiro atoms. The molecule has 10 nitrogen and oxygen atoms in total. The van der Waals surface area contributed by atoms with E-state index in [0.29, 0.717) is 35.1 Å². The fourth-order valence-electron chi connectivity index (χ4n) is 4.73. The van der Waals surface area contributed by atoms with E-state index >= 15 is 0 Å². The van der Waals surface area contributed by atoms with Crippen LogP contribution < -0.4 is 10.6 Å². The molecule has 5 atom stereocenters. The molecule has 2 heterocycles. The monoisotopic (exact) mass is 505 g/mol. The molecule has 1 saturated heterocycles. The first-order valence-corrected chi connectivity index (χ1v) is 13.1. The van der Waals surface area contributed by atoms with E-state index in [4.69, 9.17) is 0 Å². The molecule has 2 aliphatic rings. The van der Waals surface area contributed by atoms with Crippen molar-refractivity contribution in [3.05, 3.63) is 64.7 Å². The Kier molecular flexibility index (Phi) is 7.04. The summed E-state index contributed by atoms with van der Waals surface area (Å²) in [5.74, 6) is -0.401. The molecular weight excluding hydrogens is 474 g/mol. The molecule has 1 fully saturated rings. The smallest absolute Gasteiger partial charge is 0.251 e. The number of nitrogens with one attached hydrogen (secondary N) is 2. The summed E-state index contributed by atoms with van der Waals surface area (Å²) in [6, 6.07) is 10.8. The van der Waals surface area contributed by atoms with Gasteiger partial charge in [0.05, 0.1) is 16.2 Å². The third-order valence-corrected chi connectivity index (χ3v) is 8.75. The van der Waals surface area contributed by atoms with E-state index in [2.05, 4.69) is 10.6 Å². The lowest BCUT2D eigenvalue weighted by Gasteiger charge is -2.49. The van der Waals surface area contributed by atoms with E-state index in [1.54, 1.807) is 32.0 Å². The Labute approximate surface area is 204 Å². The second-order valence-electron chi connectivity index (χ2n) is 9.21. The number of amides is 1. The van der Waals surface area contributed by atoms with Gasteiger partial charge < -0.3 is 25.7 Å². The standard InChI is InChI=1S/C24H31N3O7S/c1-3-35(33,34)16-7-5-15(6-8-16)20(29)25-13-14-4-9-17-18(12-14)22(31)27(21(17)30)24(2)11-10-19(28)26-23(24)32/h4-9,12,19,21-23,26,28,30-32H,3,10-11,13H2,1-2H3,(H,25,29). The third-order valence-electron chi connectivity index (χ3n) is 7.00. The molecule has 2 aliphatic heterocycles. The van der Waals surface area contributed by atoms with Gasteiger partial charge >= 0.3 is 0 Å². The number of hydrogen-bond acceptors (Lipinski definition) is 9. The molecular formula is C24H31N3O7S. The molecule has 6 N–H and O–H groups in total. The van der Waals surface area contributed by atoms with Crippen LogP contribution >= 0.6 is 0 Å². The van der Waals surface area contributed by atoms with Crippen molar-refractivity contribution in [1.82, 2.24) is 15.5 Å². The highest BCUT2D eigenvalue weighted by molar-refractivity contribution is 7.91. The lowest BCUT2D eigenvalue weighted by atomic mass is 9.87. The topological polar surface area (TPSA) is 159 Å². The normalized spacial score (nSPS) is 29.1. The first-order chi connectivity index (χ1) is 16.5. The Morgan fingerprint density at radius 2 is 1.74 bits per heavy atom. The van der Waals surface area contributed by atoms with Crippen molar-refractivity contribution in [3.63, 3.8) is 0 Å². The van der Waals surface area contributed by atoms with E-state index in [1.165, 1.54) is 29.2 Å². The minimum absolute atomic E-state index is 0.0224.